The van der Waals surface area contributed by atoms with Crippen LogP contribution >= 0.6 is 0 Å². The number of methoxy groups -OCH3 is 1. The summed E-state index contributed by atoms with van der Waals surface area (Å²) < 4.78 is 5.64. The first-order valence-electron chi connectivity index (χ1n) is 6.16. The Bertz CT molecular complexity index is 515. The summed E-state index contributed by atoms with van der Waals surface area (Å²) in [5.41, 5.74) is 0.415. The van der Waals surface area contributed by atoms with Crippen LogP contribution in [0, 0.1) is 0 Å². The summed E-state index contributed by atoms with van der Waals surface area (Å²) in [6.45, 7) is 1.70. The third-order valence-corrected chi connectivity index (χ3v) is 2.52. The molecule has 0 fully saturated rings. The topological polar surface area (TPSA) is 127 Å². The van der Waals surface area contributed by atoms with Crippen LogP contribution in [0.25, 0.3) is 0 Å². The number of esters is 1. The first-order valence-corrected chi connectivity index (χ1v) is 6.16. The fourth-order valence-corrected chi connectivity index (χ4v) is 1.46. The molecule has 0 radical (unpaired) electrons. The van der Waals surface area contributed by atoms with E-state index in [9.17, 15) is 14.4 Å². The molecular weight excluding hydrogens is 282 g/mol. The van der Waals surface area contributed by atoms with Crippen molar-refractivity contribution in [2.24, 2.45) is 0 Å². The second-order valence-corrected chi connectivity index (χ2v) is 4.05. The molecule has 0 aromatic carbocycles. The number of carboxylic acids is 1. The van der Waals surface area contributed by atoms with Crippen LogP contribution in [0.5, 0.6) is 0 Å². The van der Waals surface area contributed by atoms with Crippen LogP contribution in [0.15, 0.2) is 6.20 Å². The molecule has 0 aliphatic rings. The van der Waals surface area contributed by atoms with E-state index in [0.717, 1.165) is 4.68 Å². The number of nitrogens with zero attached hydrogens (tertiary/aromatic N) is 4. The molecular formula is C11H17N5O5. The maximum atomic E-state index is 11.8. The first-order chi connectivity index (χ1) is 9.96. The second kappa shape index (κ2) is 7.82. The molecule has 10 heteroatoms. The molecule has 2 N–H and O–H groups in total. The highest BCUT2D eigenvalue weighted by Crippen LogP contribution is 1.96. The number of carbonyl (C=O) groups is 3. The lowest BCUT2D eigenvalue weighted by atomic mass is 10.4. The third-order valence-electron chi connectivity index (χ3n) is 2.52. The Morgan fingerprint density at radius 3 is 2.76 bits per heavy atom. The maximum Gasteiger partial charge on any atom is 0.325 e. The molecule has 21 heavy (non-hydrogen) atoms. The molecule has 10 nitrogen and oxygen atoms in total. The Labute approximate surface area is 120 Å². The summed E-state index contributed by atoms with van der Waals surface area (Å²) in [5.74, 6) is -1.55. The molecule has 1 heterocycles. The quantitative estimate of drug-likeness (QED) is 0.622. The zero-order valence-electron chi connectivity index (χ0n) is 11.8. The van der Waals surface area contributed by atoms with Gasteiger partial charge < -0.3 is 20.1 Å². The van der Waals surface area contributed by atoms with Gasteiger partial charge in [0.05, 0.1) is 19.9 Å². The Balaban J connectivity index is 2.49. The summed E-state index contributed by atoms with van der Waals surface area (Å²) in [7, 11) is 1.24. The van der Waals surface area contributed by atoms with Gasteiger partial charge in [0.25, 0.3) is 0 Å². The highest BCUT2D eigenvalue weighted by atomic mass is 16.5. The van der Waals surface area contributed by atoms with E-state index in [1.54, 1.807) is 6.92 Å². The fourth-order valence-electron chi connectivity index (χ4n) is 1.46. The van der Waals surface area contributed by atoms with Crippen LogP contribution in [-0.2, 0) is 27.4 Å². The maximum absolute atomic E-state index is 11.8. The number of hydrogen-bond donors (Lipinski definition) is 2. The summed E-state index contributed by atoms with van der Waals surface area (Å²) in [6.07, 6.45) is 1.42. The number of rotatable bonds is 7. The monoisotopic (exact) mass is 299 g/mol. The van der Waals surface area contributed by atoms with Crippen molar-refractivity contribution in [2.75, 3.05) is 20.2 Å². The average Bonchev–Trinajstić information content (AvgIpc) is 2.88. The van der Waals surface area contributed by atoms with Crippen molar-refractivity contribution >= 4 is 18.0 Å². The number of aliphatic carboxylic acids is 1. The van der Waals surface area contributed by atoms with Crippen molar-refractivity contribution in [2.45, 2.75) is 20.0 Å². The average molecular weight is 299 g/mol. The lowest BCUT2D eigenvalue weighted by molar-refractivity contribution is -0.141. The molecule has 0 atom stereocenters. The van der Waals surface area contributed by atoms with Crippen LogP contribution < -0.4 is 5.32 Å². The second-order valence-electron chi connectivity index (χ2n) is 4.05. The van der Waals surface area contributed by atoms with Crippen LogP contribution in [-0.4, -0.2) is 63.2 Å². The molecule has 0 aliphatic carbocycles. The molecule has 0 unspecified atom stereocenters. The summed E-state index contributed by atoms with van der Waals surface area (Å²) >= 11 is 0. The number of urea groups is 1. The van der Waals surface area contributed by atoms with Crippen molar-refractivity contribution in [3.05, 3.63) is 11.9 Å². The number of carbonyl (C=O) groups excluding carboxylic acids is 2. The van der Waals surface area contributed by atoms with Crippen LogP contribution in [0.2, 0.25) is 0 Å². The van der Waals surface area contributed by atoms with Crippen LogP contribution in [0.4, 0.5) is 4.79 Å². The van der Waals surface area contributed by atoms with E-state index in [1.165, 1.54) is 18.2 Å². The van der Waals surface area contributed by atoms with Crippen LogP contribution in [0.1, 0.15) is 12.6 Å². The van der Waals surface area contributed by atoms with Gasteiger partial charge in [0, 0.05) is 6.54 Å². The largest absolute Gasteiger partial charge is 0.480 e. The first kappa shape index (κ1) is 16.4. The molecule has 1 rings (SSSR count). The molecule has 0 aliphatic heterocycles. The zero-order chi connectivity index (χ0) is 15.8. The van der Waals surface area contributed by atoms with E-state index in [2.05, 4.69) is 20.4 Å². The minimum Gasteiger partial charge on any atom is -0.480 e. The zero-order valence-corrected chi connectivity index (χ0v) is 11.8. The van der Waals surface area contributed by atoms with Gasteiger partial charge in [0.2, 0.25) is 0 Å². The Kier molecular flexibility index (Phi) is 6.11. The van der Waals surface area contributed by atoms with Gasteiger partial charge in [0.1, 0.15) is 18.8 Å². The Hall–Kier alpha value is -2.65. The minimum absolute atomic E-state index is 0.0795. The van der Waals surface area contributed by atoms with E-state index in [1.807, 2.05) is 0 Å². The number of nitrogens with one attached hydrogen (secondary N) is 1. The molecule has 0 saturated carbocycles. The fraction of sp³-hybridized carbons (Fsp3) is 0.545. The van der Waals surface area contributed by atoms with Gasteiger partial charge in [-0.05, 0) is 6.92 Å². The molecule has 116 valence electrons. The molecule has 2 amide bonds. The highest BCUT2D eigenvalue weighted by molar-refractivity contribution is 5.80. The van der Waals surface area contributed by atoms with E-state index < -0.39 is 18.0 Å². The van der Waals surface area contributed by atoms with Gasteiger partial charge >= 0.3 is 18.0 Å². The Morgan fingerprint density at radius 2 is 2.19 bits per heavy atom. The van der Waals surface area contributed by atoms with E-state index in [4.69, 9.17) is 5.11 Å². The van der Waals surface area contributed by atoms with E-state index >= 15 is 0 Å². The number of hydrogen-bond acceptors (Lipinski definition) is 6. The number of amides is 2. The number of aromatic nitrogens is 3. The van der Waals surface area contributed by atoms with Gasteiger partial charge in [-0.15, -0.1) is 5.10 Å². The van der Waals surface area contributed by atoms with Gasteiger partial charge in [-0.1, -0.05) is 5.21 Å². The van der Waals surface area contributed by atoms with Crippen molar-refractivity contribution in [3.8, 4) is 0 Å². The normalized spacial score (nSPS) is 10.0. The number of ether oxygens (including phenoxy) is 1. The van der Waals surface area contributed by atoms with Crippen molar-refractivity contribution in [1.82, 2.24) is 25.2 Å². The van der Waals surface area contributed by atoms with E-state index in [-0.39, 0.29) is 19.6 Å². The number of carboxylic acid groups (broad SMARTS) is 1. The predicted octanol–water partition coefficient (Wildman–Crippen LogP) is -0.933. The smallest absolute Gasteiger partial charge is 0.325 e. The lowest BCUT2D eigenvalue weighted by Gasteiger charge is -2.19. The van der Waals surface area contributed by atoms with Crippen molar-refractivity contribution < 1.29 is 24.2 Å². The molecule has 0 saturated heterocycles. The van der Waals surface area contributed by atoms with Crippen molar-refractivity contribution in [1.29, 1.82) is 0 Å². The molecule has 0 bridgehead atoms. The van der Waals surface area contributed by atoms with Gasteiger partial charge in [-0.25, -0.2) is 9.48 Å². The summed E-state index contributed by atoms with van der Waals surface area (Å²) in [4.78, 5) is 34.7. The minimum atomic E-state index is -1.04. The SMILES string of the molecule is CCN(CC(=O)OC)C(=O)NCc1cn(CC(=O)O)nn1. The summed E-state index contributed by atoms with van der Waals surface area (Å²) in [5, 5.41) is 18.5. The van der Waals surface area contributed by atoms with Crippen LogP contribution in [0.3, 0.4) is 0 Å². The van der Waals surface area contributed by atoms with Gasteiger partial charge in [-0.3, -0.25) is 9.59 Å². The lowest BCUT2D eigenvalue weighted by Crippen LogP contribution is -2.42. The number of likely N-dealkylation sites (N-methyl/N-ethyl adjacent to an activating group) is 1. The van der Waals surface area contributed by atoms with Gasteiger partial charge in [-0.2, -0.15) is 0 Å². The molecule has 1 aromatic heterocycles. The molecule has 1 aromatic rings. The standard InChI is InChI=1S/C11H17N5O5/c1-3-15(7-10(19)21-2)11(20)12-4-8-5-16(14-13-8)6-9(17)18/h5H,3-4,6-7H2,1-2H3,(H,12,20)(H,17,18). The van der Waals surface area contributed by atoms with Gasteiger partial charge in [0.15, 0.2) is 0 Å². The van der Waals surface area contributed by atoms with E-state index in [0.29, 0.717) is 12.2 Å². The predicted molar refractivity (Wildman–Crippen MR) is 69.2 cm³/mol. The Morgan fingerprint density at radius 1 is 1.48 bits per heavy atom. The third kappa shape index (κ3) is 5.47. The summed E-state index contributed by atoms with van der Waals surface area (Å²) in [6, 6.07) is -0.448. The van der Waals surface area contributed by atoms with Crippen molar-refractivity contribution in [3.63, 3.8) is 0 Å². The molecule has 0 spiro atoms. The highest BCUT2D eigenvalue weighted by Gasteiger charge is 2.15.